The van der Waals surface area contributed by atoms with E-state index >= 15 is 0 Å². The van der Waals surface area contributed by atoms with Gasteiger partial charge in [-0.25, -0.2) is 4.79 Å². The van der Waals surface area contributed by atoms with Gasteiger partial charge >= 0.3 is 5.97 Å². The number of aliphatic hydroxyl groups excluding tert-OH is 5. The molecule has 0 aromatic rings. The normalized spacial score (nSPS) is 53.6. The van der Waals surface area contributed by atoms with E-state index in [2.05, 4.69) is 54.5 Å². The zero-order valence-corrected chi connectivity index (χ0v) is 28.3. The average molecular weight is 635 g/mol. The number of fused-ring (bicyclic) bond motifs is 7. The van der Waals surface area contributed by atoms with Gasteiger partial charge in [-0.2, -0.15) is 0 Å². The summed E-state index contributed by atoms with van der Waals surface area (Å²) in [6.45, 7) is 16.4. The van der Waals surface area contributed by atoms with Crippen molar-refractivity contribution < 1.29 is 44.9 Å². The molecule has 0 bridgehead atoms. The summed E-state index contributed by atoms with van der Waals surface area (Å²) in [5, 5.41) is 63.5. The topological polar surface area (TPSA) is 157 Å². The Morgan fingerprint density at radius 3 is 2.22 bits per heavy atom. The summed E-state index contributed by atoms with van der Waals surface area (Å²) in [4.78, 5) is 11.7. The van der Waals surface area contributed by atoms with Crippen LogP contribution in [0.3, 0.4) is 0 Å². The molecular formula is C36H58O9. The summed E-state index contributed by atoms with van der Waals surface area (Å²) in [6.07, 6.45) is 1.66. The number of aliphatic hydroxyl groups is 5. The predicted molar refractivity (Wildman–Crippen MR) is 167 cm³/mol. The van der Waals surface area contributed by atoms with E-state index in [4.69, 9.17) is 9.47 Å². The molecule has 45 heavy (non-hydrogen) atoms. The van der Waals surface area contributed by atoms with Gasteiger partial charge in [-0.15, -0.1) is 0 Å². The summed E-state index contributed by atoms with van der Waals surface area (Å²) in [5.41, 5.74) is 0.609. The van der Waals surface area contributed by atoms with Crippen molar-refractivity contribution >= 4 is 5.97 Å². The van der Waals surface area contributed by atoms with Crippen LogP contribution in [-0.2, 0) is 14.3 Å². The molecule has 0 unspecified atom stereocenters. The smallest absolute Gasteiger partial charge is 0.335 e. The Bertz CT molecular complexity index is 1210. The standard InChI is InChI=1S/C36H58O9/c1-31(2)14-15-36(18-37)20(16-31)19-8-9-22-33(5)12-11-24(44-30-27(41)25(39)26(40)28(45-30)29(42)43)32(3,4)21(33)10-13-34(22,6)35(19,7)17-23(36)38/h8,20-28,30,37-41H,9-18H2,1-7H3,(H,42,43)/t20-,21-,22+,23-,24-,25-,26-,27+,28-,30+,33-,34+,35+,36+/m0/s1. The molecule has 256 valence electrons. The lowest BCUT2D eigenvalue weighted by atomic mass is 9.33. The van der Waals surface area contributed by atoms with E-state index in [0.717, 1.165) is 44.9 Å². The van der Waals surface area contributed by atoms with Gasteiger partial charge in [-0.05, 0) is 103 Å². The predicted octanol–water partition coefficient (Wildman–Crippen LogP) is 4.03. The van der Waals surface area contributed by atoms with Gasteiger partial charge in [0, 0.05) is 5.41 Å². The molecule has 0 amide bonds. The Morgan fingerprint density at radius 1 is 0.889 bits per heavy atom. The summed E-state index contributed by atoms with van der Waals surface area (Å²) in [7, 11) is 0. The maximum Gasteiger partial charge on any atom is 0.335 e. The molecule has 0 spiro atoms. The van der Waals surface area contributed by atoms with Crippen LogP contribution in [0.15, 0.2) is 11.6 Å². The molecule has 6 aliphatic rings. The van der Waals surface area contributed by atoms with E-state index in [9.17, 15) is 35.4 Å². The van der Waals surface area contributed by atoms with E-state index in [-0.39, 0.29) is 51.6 Å². The number of allylic oxidation sites excluding steroid dienone is 2. The minimum atomic E-state index is -1.75. The maximum absolute atomic E-state index is 11.9. The quantitative estimate of drug-likeness (QED) is 0.199. The third kappa shape index (κ3) is 4.61. The van der Waals surface area contributed by atoms with Crippen molar-refractivity contribution in [3.8, 4) is 0 Å². The van der Waals surface area contributed by atoms with Crippen LogP contribution < -0.4 is 0 Å². The summed E-state index contributed by atoms with van der Waals surface area (Å²) >= 11 is 0. The Balaban J connectivity index is 1.30. The van der Waals surface area contributed by atoms with Crippen LogP contribution in [0.4, 0.5) is 0 Å². The van der Waals surface area contributed by atoms with Crippen LogP contribution in [0.5, 0.6) is 0 Å². The first kappa shape index (κ1) is 33.8. The van der Waals surface area contributed by atoms with Gasteiger partial charge in [0.2, 0.25) is 0 Å². The number of carbonyl (C=O) groups is 1. The molecule has 0 aromatic heterocycles. The fraction of sp³-hybridized carbons (Fsp3) is 0.917. The molecule has 6 N–H and O–H groups in total. The van der Waals surface area contributed by atoms with Crippen molar-refractivity contribution in [3.63, 3.8) is 0 Å². The van der Waals surface area contributed by atoms with E-state index in [1.54, 1.807) is 0 Å². The lowest BCUT2D eigenvalue weighted by Crippen LogP contribution is -2.67. The lowest BCUT2D eigenvalue weighted by molar-refractivity contribution is -0.324. The van der Waals surface area contributed by atoms with Crippen LogP contribution in [0.25, 0.3) is 0 Å². The zero-order chi connectivity index (χ0) is 33.1. The molecule has 6 rings (SSSR count). The second kappa shape index (κ2) is 10.7. The number of carboxylic acid groups (broad SMARTS) is 1. The molecule has 9 nitrogen and oxygen atoms in total. The van der Waals surface area contributed by atoms with E-state index in [0.29, 0.717) is 18.8 Å². The first-order valence-corrected chi connectivity index (χ1v) is 17.4. The highest BCUT2D eigenvalue weighted by Gasteiger charge is 2.70. The average Bonchev–Trinajstić information content (AvgIpc) is 2.94. The Labute approximate surface area is 268 Å². The molecule has 14 atom stereocenters. The van der Waals surface area contributed by atoms with Crippen molar-refractivity contribution in [3.05, 3.63) is 11.6 Å². The molecule has 1 heterocycles. The number of rotatable bonds is 4. The fourth-order valence-corrected chi connectivity index (χ4v) is 12.3. The fourth-order valence-electron chi connectivity index (χ4n) is 12.3. The minimum Gasteiger partial charge on any atom is -0.479 e. The third-order valence-corrected chi connectivity index (χ3v) is 15.2. The maximum atomic E-state index is 11.9. The monoisotopic (exact) mass is 634 g/mol. The summed E-state index contributed by atoms with van der Waals surface area (Å²) in [5.74, 6) is -0.573. The van der Waals surface area contributed by atoms with Gasteiger partial charge in [-0.3, -0.25) is 0 Å². The highest BCUT2D eigenvalue weighted by atomic mass is 16.7. The van der Waals surface area contributed by atoms with Crippen molar-refractivity contribution in [2.75, 3.05) is 6.61 Å². The number of aliphatic carboxylic acids is 1. The second-order valence-electron chi connectivity index (χ2n) is 18.0. The van der Waals surface area contributed by atoms with E-state index in [1.807, 2.05) is 0 Å². The molecule has 5 fully saturated rings. The van der Waals surface area contributed by atoms with E-state index < -0.39 is 48.2 Å². The molecule has 0 radical (unpaired) electrons. The Morgan fingerprint density at radius 2 is 1.58 bits per heavy atom. The molecule has 4 saturated carbocycles. The highest BCUT2D eigenvalue weighted by Crippen LogP contribution is 2.75. The SMILES string of the molecule is CC1(C)CC[C@]2(CO)[C@@H](O)C[C@]3(C)C(=CC[C@@H]4[C@@]5(C)CC[C@H](O[C@@H]6O[C@H](C(=O)O)[C@@H](O)[C@H](O)[C@H]6O)C(C)(C)[C@@H]5CC[C@]43C)[C@@H]2C1. The van der Waals surface area contributed by atoms with Gasteiger partial charge in [0.1, 0.15) is 18.3 Å². The van der Waals surface area contributed by atoms with Crippen molar-refractivity contribution in [1.29, 1.82) is 0 Å². The zero-order valence-electron chi connectivity index (χ0n) is 28.3. The van der Waals surface area contributed by atoms with Crippen molar-refractivity contribution in [2.24, 2.45) is 50.2 Å². The third-order valence-electron chi connectivity index (χ3n) is 15.2. The van der Waals surface area contributed by atoms with Gasteiger partial charge in [0.15, 0.2) is 12.4 Å². The van der Waals surface area contributed by atoms with Crippen LogP contribution in [-0.4, -0.2) is 86.1 Å². The van der Waals surface area contributed by atoms with Gasteiger partial charge in [-0.1, -0.05) is 60.1 Å². The minimum absolute atomic E-state index is 0.0188. The van der Waals surface area contributed by atoms with Gasteiger partial charge < -0.3 is 40.1 Å². The number of hydrogen-bond acceptors (Lipinski definition) is 8. The van der Waals surface area contributed by atoms with Crippen LogP contribution in [0.1, 0.15) is 106 Å². The van der Waals surface area contributed by atoms with E-state index in [1.165, 1.54) is 5.57 Å². The molecule has 9 heteroatoms. The first-order valence-electron chi connectivity index (χ1n) is 17.4. The second-order valence-corrected chi connectivity index (χ2v) is 18.0. The number of carboxylic acids is 1. The lowest BCUT2D eigenvalue weighted by Gasteiger charge is -2.72. The van der Waals surface area contributed by atoms with Crippen molar-refractivity contribution in [1.82, 2.24) is 0 Å². The molecule has 5 aliphatic carbocycles. The molecular weight excluding hydrogens is 576 g/mol. The van der Waals surface area contributed by atoms with Crippen LogP contribution >= 0.6 is 0 Å². The van der Waals surface area contributed by atoms with Crippen LogP contribution in [0, 0.1) is 50.2 Å². The molecule has 1 saturated heterocycles. The molecule has 1 aliphatic heterocycles. The van der Waals surface area contributed by atoms with Gasteiger partial charge in [0.25, 0.3) is 0 Å². The Kier molecular flexibility index (Phi) is 8.05. The number of ether oxygens (including phenoxy) is 2. The largest absolute Gasteiger partial charge is 0.479 e. The highest BCUT2D eigenvalue weighted by molar-refractivity contribution is 5.73. The van der Waals surface area contributed by atoms with Gasteiger partial charge in [0.05, 0.1) is 18.8 Å². The van der Waals surface area contributed by atoms with Crippen molar-refractivity contribution in [2.45, 2.75) is 149 Å². The summed E-state index contributed by atoms with van der Waals surface area (Å²) < 4.78 is 11.9. The Hall–Kier alpha value is -1.07. The molecule has 0 aromatic carbocycles. The summed E-state index contributed by atoms with van der Waals surface area (Å²) in [6, 6.07) is 0. The number of hydrogen-bond donors (Lipinski definition) is 6. The van der Waals surface area contributed by atoms with Crippen LogP contribution in [0.2, 0.25) is 0 Å². The first-order chi connectivity index (χ1) is 20.8.